The van der Waals surface area contributed by atoms with Crippen LogP contribution in [-0.2, 0) is 0 Å². The number of hydrogen-bond donors (Lipinski definition) is 2. The summed E-state index contributed by atoms with van der Waals surface area (Å²) >= 11 is 5.92. The molecule has 7 heteroatoms. The quantitative estimate of drug-likeness (QED) is 0.743. The smallest absolute Gasteiger partial charge is 0.258 e. The van der Waals surface area contributed by atoms with Crippen molar-refractivity contribution >= 4 is 34.8 Å². The van der Waals surface area contributed by atoms with E-state index in [1.165, 1.54) is 12.4 Å². The van der Waals surface area contributed by atoms with E-state index in [9.17, 15) is 4.79 Å². The average Bonchev–Trinajstić information content (AvgIpc) is 2.63. The molecule has 122 valence electrons. The highest BCUT2D eigenvalue weighted by Crippen LogP contribution is 2.18. The molecule has 0 aliphatic heterocycles. The SMILES string of the molecule is N#Cc1ccc(NC(=O)c2cnc(Nc3cccc(Cl)c3)nc2)cc1. The number of hydrogen-bond acceptors (Lipinski definition) is 5. The van der Waals surface area contributed by atoms with Crippen LogP contribution < -0.4 is 10.6 Å². The van der Waals surface area contributed by atoms with Gasteiger partial charge in [-0.3, -0.25) is 4.79 Å². The molecule has 3 rings (SSSR count). The van der Waals surface area contributed by atoms with Crippen LogP contribution in [0.25, 0.3) is 0 Å². The third-order valence-electron chi connectivity index (χ3n) is 3.27. The van der Waals surface area contributed by atoms with Crippen molar-refractivity contribution in [3.63, 3.8) is 0 Å². The third-order valence-corrected chi connectivity index (χ3v) is 3.50. The topological polar surface area (TPSA) is 90.7 Å². The largest absolute Gasteiger partial charge is 0.324 e. The van der Waals surface area contributed by atoms with Crippen LogP contribution in [0.5, 0.6) is 0 Å². The Labute approximate surface area is 149 Å². The molecule has 1 aromatic heterocycles. The summed E-state index contributed by atoms with van der Waals surface area (Å²) in [4.78, 5) is 20.4. The Hall–Kier alpha value is -3.43. The molecule has 0 bridgehead atoms. The van der Waals surface area contributed by atoms with Crippen molar-refractivity contribution in [3.05, 3.63) is 77.1 Å². The van der Waals surface area contributed by atoms with E-state index in [2.05, 4.69) is 20.6 Å². The van der Waals surface area contributed by atoms with Crippen LogP contribution in [0.2, 0.25) is 5.02 Å². The Morgan fingerprint density at radius 2 is 1.76 bits per heavy atom. The van der Waals surface area contributed by atoms with Gasteiger partial charge in [-0.05, 0) is 42.5 Å². The Bertz CT molecular complexity index is 933. The second kappa shape index (κ2) is 7.43. The lowest BCUT2D eigenvalue weighted by Crippen LogP contribution is -2.13. The first-order valence-corrected chi connectivity index (χ1v) is 7.68. The number of rotatable bonds is 4. The third kappa shape index (κ3) is 4.31. The standard InChI is InChI=1S/C18H12ClN5O/c19-14-2-1-3-16(8-14)24-18-21-10-13(11-22-18)17(25)23-15-6-4-12(9-20)5-7-15/h1-8,10-11H,(H,23,25)(H,21,22,24). The Morgan fingerprint density at radius 1 is 1.04 bits per heavy atom. The van der Waals surface area contributed by atoms with Gasteiger partial charge in [-0.2, -0.15) is 5.26 Å². The number of nitrogens with one attached hydrogen (secondary N) is 2. The highest BCUT2D eigenvalue weighted by atomic mass is 35.5. The number of carbonyl (C=O) groups excluding carboxylic acids is 1. The van der Waals surface area contributed by atoms with Gasteiger partial charge >= 0.3 is 0 Å². The van der Waals surface area contributed by atoms with Gasteiger partial charge in [0.2, 0.25) is 5.95 Å². The van der Waals surface area contributed by atoms with Gasteiger partial charge in [0.05, 0.1) is 17.2 Å². The van der Waals surface area contributed by atoms with E-state index < -0.39 is 0 Å². The number of carbonyl (C=O) groups is 1. The van der Waals surface area contributed by atoms with E-state index in [-0.39, 0.29) is 5.91 Å². The van der Waals surface area contributed by atoms with Crippen molar-refractivity contribution in [3.8, 4) is 6.07 Å². The molecule has 2 N–H and O–H groups in total. The van der Waals surface area contributed by atoms with Gasteiger partial charge in [0.1, 0.15) is 0 Å². The lowest BCUT2D eigenvalue weighted by molar-refractivity contribution is 0.102. The van der Waals surface area contributed by atoms with Crippen LogP contribution in [0.15, 0.2) is 60.9 Å². The van der Waals surface area contributed by atoms with Gasteiger partial charge in [0.25, 0.3) is 5.91 Å². The minimum atomic E-state index is -0.334. The molecule has 0 saturated heterocycles. The summed E-state index contributed by atoms with van der Waals surface area (Å²) in [6.07, 6.45) is 2.86. The maximum atomic E-state index is 12.2. The molecule has 1 amide bonds. The molecule has 3 aromatic rings. The van der Waals surface area contributed by atoms with Gasteiger partial charge < -0.3 is 10.6 Å². The molecule has 0 spiro atoms. The highest BCUT2D eigenvalue weighted by molar-refractivity contribution is 6.30. The normalized spacial score (nSPS) is 9.92. The first-order valence-electron chi connectivity index (χ1n) is 7.30. The average molecular weight is 350 g/mol. The van der Waals surface area contributed by atoms with Crippen LogP contribution >= 0.6 is 11.6 Å². The Morgan fingerprint density at radius 3 is 2.40 bits per heavy atom. The second-order valence-electron chi connectivity index (χ2n) is 5.07. The molecule has 1 heterocycles. The van der Waals surface area contributed by atoms with E-state index in [1.807, 2.05) is 18.2 Å². The molecular weight excluding hydrogens is 338 g/mol. The highest BCUT2D eigenvalue weighted by Gasteiger charge is 2.08. The van der Waals surface area contributed by atoms with Crippen LogP contribution in [0.4, 0.5) is 17.3 Å². The van der Waals surface area contributed by atoms with Crippen LogP contribution in [0.3, 0.4) is 0 Å². The van der Waals surface area contributed by atoms with Gasteiger partial charge in [-0.1, -0.05) is 17.7 Å². The van der Waals surface area contributed by atoms with Crippen molar-refractivity contribution < 1.29 is 4.79 Å². The van der Waals surface area contributed by atoms with Crippen molar-refractivity contribution in [1.82, 2.24) is 9.97 Å². The number of halogens is 1. The maximum absolute atomic E-state index is 12.2. The summed E-state index contributed by atoms with van der Waals surface area (Å²) in [7, 11) is 0. The number of anilines is 3. The van der Waals surface area contributed by atoms with Gasteiger partial charge in [-0.25, -0.2) is 9.97 Å². The van der Waals surface area contributed by atoms with Gasteiger partial charge in [0, 0.05) is 28.8 Å². The fraction of sp³-hybridized carbons (Fsp3) is 0. The van der Waals surface area contributed by atoms with Crippen LogP contribution in [-0.4, -0.2) is 15.9 Å². The van der Waals surface area contributed by atoms with Crippen molar-refractivity contribution in [2.24, 2.45) is 0 Å². The second-order valence-corrected chi connectivity index (χ2v) is 5.51. The van der Waals surface area contributed by atoms with E-state index in [1.54, 1.807) is 36.4 Å². The molecule has 0 aliphatic rings. The van der Waals surface area contributed by atoms with Gasteiger partial charge in [0.15, 0.2) is 0 Å². The fourth-order valence-corrected chi connectivity index (χ4v) is 2.23. The monoisotopic (exact) mass is 349 g/mol. The fourth-order valence-electron chi connectivity index (χ4n) is 2.04. The molecule has 0 atom stereocenters. The van der Waals surface area contributed by atoms with Crippen LogP contribution in [0, 0.1) is 11.3 Å². The summed E-state index contributed by atoms with van der Waals surface area (Å²) in [5.41, 5.74) is 2.19. The molecule has 2 aromatic carbocycles. The maximum Gasteiger partial charge on any atom is 0.258 e. The van der Waals surface area contributed by atoms with Crippen molar-refractivity contribution in [2.75, 3.05) is 10.6 Å². The molecule has 0 radical (unpaired) electrons. The molecular formula is C18H12ClN5O. The molecule has 0 saturated carbocycles. The molecule has 0 unspecified atom stereocenters. The lowest BCUT2D eigenvalue weighted by Gasteiger charge is -2.07. The zero-order valence-corrected chi connectivity index (χ0v) is 13.7. The minimum absolute atomic E-state index is 0.320. The van der Waals surface area contributed by atoms with E-state index in [4.69, 9.17) is 16.9 Å². The zero-order valence-electron chi connectivity index (χ0n) is 12.9. The molecule has 6 nitrogen and oxygen atoms in total. The predicted octanol–water partition coefficient (Wildman–Crippen LogP) is 4.00. The summed E-state index contributed by atoms with van der Waals surface area (Å²) in [5, 5.41) is 15.1. The number of nitrogens with zero attached hydrogens (tertiary/aromatic N) is 3. The van der Waals surface area contributed by atoms with E-state index >= 15 is 0 Å². The summed E-state index contributed by atoms with van der Waals surface area (Å²) in [6.45, 7) is 0. The molecule has 0 aliphatic carbocycles. The number of nitriles is 1. The first-order chi connectivity index (χ1) is 12.1. The first kappa shape index (κ1) is 16.4. The lowest BCUT2D eigenvalue weighted by atomic mass is 10.2. The summed E-state index contributed by atoms with van der Waals surface area (Å²) in [5.74, 6) is 0.0243. The van der Waals surface area contributed by atoms with Crippen molar-refractivity contribution in [2.45, 2.75) is 0 Å². The van der Waals surface area contributed by atoms with E-state index in [0.29, 0.717) is 27.8 Å². The van der Waals surface area contributed by atoms with Crippen LogP contribution in [0.1, 0.15) is 15.9 Å². The number of aromatic nitrogens is 2. The van der Waals surface area contributed by atoms with Crippen molar-refractivity contribution in [1.29, 1.82) is 5.26 Å². The molecule has 0 fully saturated rings. The predicted molar refractivity (Wildman–Crippen MR) is 95.9 cm³/mol. The van der Waals surface area contributed by atoms with Gasteiger partial charge in [-0.15, -0.1) is 0 Å². The summed E-state index contributed by atoms with van der Waals surface area (Å²) < 4.78 is 0. The Balaban J connectivity index is 1.66. The summed E-state index contributed by atoms with van der Waals surface area (Å²) in [6, 6.07) is 15.8. The zero-order chi connectivity index (χ0) is 17.6. The van der Waals surface area contributed by atoms with E-state index in [0.717, 1.165) is 5.69 Å². The number of amides is 1. The molecule has 25 heavy (non-hydrogen) atoms. The number of benzene rings is 2. The Kier molecular flexibility index (Phi) is 4.88. The minimum Gasteiger partial charge on any atom is -0.324 e.